The van der Waals surface area contributed by atoms with Gasteiger partial charge in [0.1, 0.15) is 0 Å². The first-order valence-corrected chi connectivity index (χ1v) is 10.0. The Morgan fingerprint density at radius 3 is 1.64 bits per heavy atom. The van der Waals surface area contributed by atoms with Crippen molar-refractivity contribution in [2.45, 2.75) is 20.8 Å². The van der Waals surface area contributed by atoms with Crippen LogP contribution in [0.2, 0.25) is 0 Å². The number of benzene rings is 3. The molecule has 0 atom stereocenters. The van der Waals surface area contributed by atoms with Crippen LogP contribution in [0.4, 0.5) is 0 Å². The topological polar surface area (TPSA) is 29.4 Å². The second-order valence-corrected chi connectivity index (χ2v) is 8.72. The van der Waals surface area contributed by atoms with E-state index in [4.69, 9.17) is 0 Å². The normalized spacial score (nSPS) is 11.8. The third-order valence-electron chi connectivity index (χ3n) is 4.30. The Morgan fingerprint density at radius 1 is 0.760 bits per heavy atom. The van der Waals surface area contributed by atoms with Gasteiger partial charge >= 0.3 is 0 Å². The lowest BCUT2D eigenvalue weighted by Gasteiger charge is -2.15. The van der Waals surface area contributed by atoms with E-state index in [9.17, 15) is 4.57 Å². The first-order chi connectivity index (χ1) is 12.0. The zero-order valence-electron chi connectivity index (χ0n) is 14.8. The first kappa shape index (κ1) is 17.4. The Hall–Kier alpha value is -2.44. The molecule has 25 heavy (non-hydrogen) atoms. The zero-order chi connectivity index (χ0) is 17.9. The maximum atomic E-state index is 13.9. The van der Waals surface area contributed by atoms with Crippen LogP contribution in [0.1, 0.15) is 22.3 Å². The molecule has 0 unspecified atom stereocenters. The standard InChI is InChI=1S/C22H22NOP/c1-17-14-18(2)22(19(3)15-17)16-23-25(24,20-10-6-4-7-11-20)21-12-8-5-9-13-21/h4-16H,1-3H3/b23-16+. The predicted octanol–water partition coefficient (Wildman–Crippen LogP) is 4.96. The van der Waals surface area contributed by atoms with Gasteiger partial charge in [-0.15, -0.1) is 0 Å². The number of hydrogen-bond acceptors (Lipinski definition) is 1. The maximum Gasteiger partial charge on any atom is 0.247 e. The summed E-state index contributed by atoms with van der Waals surface area (Å²) in [5.74, 6) is 0. The highest BCUT2D eigenvalue weighted by Gasteiger charge is 2.25. The molecule has 0 amide bonds. The lowest BCUT2D eigenvalue weighted by atomic mass is 10.0. The van der Waals surface area contributed by atoms with Gasteiger partial charge < -0.3 is 0 Å². The quantitative estimate of drug-likeness (QED) is 0.484. The fourth-order valence-corrected chi connectivity index (χ4v) is 5.07. The minimum Gasteiger partial charge on any atom is -0.288 e. The highest BCUT2D eigenvalue weighted by Crippen LogP contribution is 2.44. The summed E-state index contributed by atoms with van der Waals surface area (Å²) in [5, 5.41) is 1.50. The molecule has 0 heterocycles. The summed E-state index contributed by atoms with van der Waals surface area (Å²) in [4.78, 5) is 0. The number of nitrogens with zero attached hydrogens (tertiary/aromatic N) is 1. The van der Waals surface area contributed by atoms with Crippen molar-refractivity contribution in [3.05, 3.63) is 95.1 Å². The lowest BCUT2D eigenvalue weighted by molar-refractivity contribution is 0.588. The van der Waals surface area contributed by atoms with E-state index in [0.717, 1.165) is 27.3 Å². The van der Waals surface area contributed by atoms with Crippen molar-refractivity contribution in [1.82, 2.24) is 0 Å². The third kappa shape index (κ3) is 3.65. The van der Waals surface area contributed by atoms with Crippen LogP contribution in [0.25, 0.3) is 0 Å². The minimum atomic E-state index is -3.07. The molecule has 3 aromatic carbocycles. The molecule has 0 aliphatic heterocycles. The van der Waals surface area contributed by atoms with E-state index in [-0.39, 0.29) is 0 Å². The molecule has 3 heteroatoms. The van der Waals surface area contributed by atoms with Crippen LogP contribution < -0.4 is 10.6 Å². The van der Waals surface area contributed by atoms with Gasteiger partial charge in [-0.2, -0.15) is 0 Å². The molecule has 0 aliphatic carbocycles. The van der Waals surface area contributed by atoms with Gasteiger partial charge in [0.15, 0.2) is 0 Å². The molecule has 0 saturated carbocycles. The fraction of sp³-hybridized carbons (Fsp3) is 0.136. The number of rotatable bonds is 4. The predicted molar refractivity (Wildman–Crippen MR) is 108 cm³/mol. The molecule has 126 valence electrons. The minimum absolute atomic E-state index is 0.750. The second-order valence-electron chi connectivity index (χ2n) is 6.30. The molecular formula is C22H22NOP. The van der Waals surface area contributed by atoms with Crippen LogP contribution in [0.5, 0.6) is 0 Å². The highest BCUT2D eigenvalue weighted by atomic mass is 31.2. The molecule has 2 nitrogen and oxygen atoms in total. The van der Waals surface area contributed by atoms with Crippen molar-refractivity contribution in [3.8, 4) is 0 Å². The van der Waals surface area contributed by atoms with Crippen molar-refractivity contribution < 1.29 is 4.57 Å². The summed E-state index contributed by atoms with van der Waals surface area (Å²) >= 11 is 0. The Balaban J connectivity index is 2.13. The van der Waals surface area contributed by atoms with E-state index in [1.54, 1.807) is 6.21 Å². The molecule has 0 aromatic heterocycles. The Morgan fingerprint density at radius 2 is 1.20 bits per heavy atom. The van der Waals surface area contributed by atoms with Gasteiger partial charge in [-0.05, 0) is 61.7 Å². The molecule has 0 aliphatic rings. The number of hydrogen-bond donors (Lipinski definition) is 0. The van der Waals surface area contributed by atoms with Crippen molar-refractivity contribution in [1.29, 1.82) is 0 Å². The summed E-state index contributed by atoms with van der Waals surface area (Å²) in [6.45, 7) is 6.22. The Bertz CT molecular complexity index is 880. The van der Waals surface area contributed by atoms with Gasteiger partial charge in [-0.1, -0.05) is 54.1 Å². The Labute approximate surface area is 149 Å². The number of aryl methyl sites for hydroxylation is 3. The molecule has 0 bridgehead atoms. The molecule has 0 spiro atoms. The molecule has 3 rings (SSSR count). The average Bonchev–Trinajstić information content (AvgIpc) is 2.62. The SMILES string of the molecule is Cc1cc(C)c(/C=N/P(=O)(c2ccccc2)c2ccccc2)c(C)c1. The van der Waals surface area contributed by atoms with Crippen LogP contribution in [-0.4, -0.2) is 6.21 Å². The van der Waals surface area contributed by atoms with Gasteiger partial charge in [-0.25, -0.2) is 4.76 Å². The van der Waals surface area contributed by atoms with Gasteiger partial charge in [0.05, 0.1) is 0 Å². The van der Waals surface area contributed by atoms with Gasteiger partial charge in [-0.3, -0.25) is 4.57 Å². The zero-order valence-corrected chi connectivity index (χ0v) is 15.7. The maximum absolute atomic E-state index is 13.9. The summed E-state index contributed by atoms with van der Waals surface area (Å²) in [5.41, 5.74) is 4.56. The summed E-state index contributed by atoms with van der Waals surface area (Å²) in [6, 6.07) is 23.3. The smallest absolute Gasteiger partial charge is 0.247 e. The van der Waals surface area contributed by atoms with E-state index in [0.29, 0.717) is 0 Å². The first-order valence-electron chi connectivity index (χ1n) is 8.35. The van der Waals surface area contributed by atoms with E-state index in [1.807, 2.05) is 60.7 Å². The van der Waals surface area contributed by atoms with Crippen molar-refractivity contribution >= 4 is 24.1 Å². The van der Waals surface area contributed by atoms with Crippen molar-refractivity contribution in [2.24, 2.45) is 4.76 Å². The molecule has 0 radical (unpaired) electrons. The van der Waals surface area contributed by atoms with Crippen LogP contribution in [0, 0.1) is 20.8 Å². The van der Waals surface area contributed by atoms with E-state index in [1.165, 1.54) is 5.56 Å². The van der Waals surface area contributed by atoms with E-state index in [2.05, 4.69) is 37.7 Å². The van der Waals surface area contributed by atoms with E-state index >= 15 is 0 Å². The van der Waals surface area contributed by atoms with Crippen LogP contribution in [-0.2, 0) is 4.57 Å². The van der Waals surface area contributed by atoms with Crippen molar-refractivity contribution in [2.75, 3.05) is 0 Å². The van der Waals surface area contributed by atoms with Crippen LogP contribution in [0.3, 0.4) is 0 Å². The van der Waals surface area contributed by atoms with Crippen molar-refractivity contribution in [3.63, 3.8) is 0 Å². The molecular weight excluding hydrogens is 325 g/mol. The molecule has 0 fully saturated rings. The highest BCUT2D eigenvalue weighted by molar-refractivity contribution is 7.77. The Kier molecular flexibility index (Phi) is 5.01. The molecule has 0 saturated heterocycles. The lowest BCUT2D eigenvalue weighted by Crippen LogP contribution is -2.14. The average molecular weight is 347 g/mol. The largest absolute Gasteiger partial charge is 0.288 e. The fourth-order valence-electron chi connectivity index (χ4n) is 3.08. The second kappa shape index (κ2) is 7.21. The summed E-state index contributed by atoms with van der Waals surface area (Å²) < 4.78 is 18.5. The molecule has 3 aromatic rings. The van der Waals surface area contributed by atoms with Gasteiger partial charge in [0, 0.05) is 16.8 Å². The third-order valence-corrected chi connectivity index (χ3v) is 6.74. The van der Waals surface area contributed by atoms with Gasteiger partial charge in [0.25, 0.3) is 0 Å². The summed E-state index contributed by atoms with van der Waals surface area (Å²) in [7, 11) is -3.07. The van der Waals surface area contributed by atoms with Crippen LogP contribution in [0.15, 0.2) is 77.6 Å². The van der Waals surface area contributed by atoms with Crippen LogP contribution >= 0.6 is 7.29 Å². The van der Waals surface area contributed by atoms with E-state index < -0.39 is 7.29 Å². The van der Waals surface area contributed by atoms with Gasteiger partial charge in [0.2, 0.25) is 7.29 Å². The summed E-state index contributed by atoms with van der Waals surface area (Å²) in [6.07, 6.45) is 1.78. The molecule has 0 N–H and O–H groups in total. The monoisotopic (exact) mass is 347 g/mol.